The summed E-state index contributed by atoms with van der Waals surface area (Å²) >= 11 is 0. The molecular weight excluding hydrogens is 256 g/mol. The van der Waals surface area contributed by atoms with Crippen molar-refractivity contribution in [2.75, 3.05) is 0 Å². The van der Waals surface area contributed by atoms with Gasteiger partial charge < -0.3 is 9.51 Å². The van der Waals surface area contributed by atoms with Gasteiger partial charge in [-0.3, -0.25) is 0 Å². The Bertz CT molecular complexity index is 785. The number of carboxylic acids is 1. The van der Waals surface area contributed by atoms with Crippen LogP contribution in [0.3, 0.4) is 0 Å². The number of rotatable bonds is 3. The predicted octanol–water partition coefficient (Wildman–Crippen LogP) is 2.34. The Morgan fingerprint density at radius 2 is 2.15 bits per heavy atom. The van der Waals surface area contributed by atoms with E-state index in [9.17, 15) is 9.90 Å². The smallest absolute Gasteiger partial charge is 0.354 e. The van der Waals surface area contributed by atoms with Crippen LogP contribution < -0.4 is 0 Å². The van der Waals surface area contributed by atoms with Crippen LogP contribution in [0.25, 0.3) is 11.3 Å². The van der Waals surface area contributed by atoms with Crippen molar-refractivity contribution >= 4 is 11.6 Å². The van der Waals surface area contributed by atoms with Crippen molar-refractivity contribution < 1.29 is 9.90 Å². The van der Waals surface area contributed by atoms with Crippen LogP contribution in [0.15, 0.2) is 36.8 Å². The van der Waals surface area contributed by atoms with Gasteiger partial charge in [0.15, 0.2) is 5.69 Å². The molecule has 102 valence electrons. The summed E-state index contributed by atoms with van der Waals surface area (Å²) in [5, 5.41) is 13.7. The van der Waals surface area contributed by atoms with E-state index >= 15 is 0 Å². The van der Waals surface area contributed by atoms with Crippen molar-refractivity contribution in [2.45, 2.75) is 19.8 Å². The van der Waals surface area contributed by atoms with Gasteiger partial charge in [-0.15, -0.1) is 0 Å². The maximum absolute atomic E-state index is 11.4. The van der Waals surface area contributed by atoms with Gasteiger partial charge >= 0.3 is 5.97 Å². The molecule has 1 N–H and O–H groups in total. The van der Waals surface area contributed by atoms with Gasteiger partial charge in [0.1, 0.15) is 5.65 Å². The molecule has 0 bridgehead atoms. The molecule has 3 aromatic heterocycles. The molecule has 0 aliphatic heterocycles. The molecule has 0 fully saturated rings. The average molecular weight is 270 g/mol. The molecule has 0 amide bonds. The van der Waals surface area contributed by atoms with Crippen LogP contribution >= 0.6 is 0 Å². The summed E-state index contributed by atoms with van der Waals surface area (Å²) in [4.78, 5) is 15.5. The topological polar surface area (TPSA) is 72.4 Å². The van der Waals surface area contributed by atoms with Gasteiger partial charge in [0, 0.05) is 18.6 Å². The van der Waals surface area contributed by atoms with E-state index in [0.29, 0.717) is 5.69 Å². The lowest BCUT2D eigenvalue weighted by atomic mass is 10.1. The van der Waals surface area contributed by atoms with Gasteiger partial charge in [-0.1, -0.05) is 13.8 Å². The van der Waals surface area contributed by atoms with Crippen LogP contribution in [-0.4, -0.2) is 30.2 Å². The molecule has 3 heterocycles. The van der Waals surface area contributed by atoms with E-state index in [1.165, 1.54) is 4.68 Å². The van der Waals surface area contributed by atoms with Crippen molar-refractivity contribution in [3.63, 3.8) is 0 Å². The minimum absolute atomic E-state index is 0.160. The summed E-state index contributed by atoms with van der Waals surface area (Å²) in [5.41, 5.74) is 2.42. The Labute approximate surface area is 115 Å². The fraction of sp³-hybridized carbons (Fsp3) is 0.214. The molecule has 0 atom stereocenters. The Kier molecular flexibility index (Phi) is 2.78. The SMILES string of the molecule is CC(C)c1cc(C(=O)O)n(-c2ccc3nccn3c2)n1. The van der Waals surface area contributed by atoms with Crippen LogP contribution in [0.2, 0.25) is 0 Å². The van der Waals surface area contributed by atoms with Crippen LogP contribution in [-0.2, 0) is 0 Å². The first-order chi connectivity index (χ1) is 9.56. The van der Waals surface area contributed by atoms with Crippen molar-refractivity contribution in [3.05, 3.63) is 48.2 Å². The van der Waals surface area contributed by atoms with E-state index in [-0.39, 0.29) is 11.6 Å². The van der Waals surface area contributed by atoms with E-state index in [4.69, 9.17) is 0 Å². The average Bonchev–Trinajstić information content (AvgIpc) is 3.04. The molecular formula is C14H14N4O2. The van der Waals surface area contributed by atoms with Crippen LogP contribution in [0.4, 0.5) is 0 Å². The maximum atomic E-state index is 11.4. The number of aromatic nitrogens is 4. The molecule has 6 heteroatoms. The molecule has 0 spiro atoms. The number of fused-ring (bicyclic) bond motifs is 1. The van der Waals surface area contributed by atoms with Crippen molar-refractivity contribution in [1.82, 2.24) is 19.2 Å². The third-order valence-electron chi connectivity index (χ3n) is 3.16. The monoisotopic (exact) mass is 270 g/mol. The quantitative estimate of drug-likeness (QED) is 0.792. The largest absolute Gasteiger partial charge is 0.477 e. The molecule has 20 heavy (non-hydrogen) atoms. The standard InChI is InChI=1S/C14H14N4O2/c1-9(2)11-7-12(14(19)20)18(16-11)10-3-4-13-15-5-6-17(13)8-10/h3-9H,1-2H3,(H,19,20). The highest BCUT2D eigenvalue weighted by atomic mass is 16.4. The molecule has 0 aromatic carbocycles. The van der Waals surface area contributed by atoms with Gasteiger partial charge in [0.2, 0.25) is 0 Å². The van der Waals surface area contributed by atoms with Gasteiger partial charge in [-0.05, 0) is 24.1 Å². The predicted molar refractivity (Wildman–Crippen MR) is 73.4 cm³/mol. The second-order valence-corrected chi connectivity index (χ2v) is 4.91. The maximum Gasteiger partial charge on any atom is 0.354 e. The first kappa shape index (κ1) is 12.4. The summed E-state index contributed by atoms with van der Waals surface area (Å²) in [6.45, 7) is 3.97. The van der Waals surface area contributed by atoms with E-state index in [0.717, 1.165) is 11.3 Å². The van der Waals surface area contributed by atoms with Gasteiger partial charge in [-0.25, -0.2) is 14.5 Å². The van der Waals surface area contributed by atoms with Crippen molar-refractivity contribution in [1.29, 1.82) is 0 Å². The molecule has 3 rings (SSSR count). The number of imidazole rings is 1. The third-order valence-corrected chi connectivity index (χ3v) is 3.16. The Hall–Kier alpha value is -2.63. The van der Waals surface area contributed by atoms with Gasteiger partial charge in [-0.2, -0.15) is 5.10 Å². The summed E-state index contributed by atoms with van der Waals surface area (Å²) in [7, 11) is 0. The van der Waals surface area contributed by atoms with Crippen molar-refractivity contribution in [3.8, 4) is 5.69 Å². The molecule has 3 aromatic rings. The zero-order valence-corrected chi connectivity index (χ0v) is 11.2. The van der Waals surface area contributed by atoms with Crippen molar-refractivity contribution in [2.24, 2.45) is 0 Å². The molecule has 0 saturated heterocycles. The Morgan fingerprint density at radius 3 is 2.85 bits per heavy atom. The summed E-state index contributed by atoms with van der Waals surface area (Å²) in [5.74, 6) is -0.818. The fourth-order valence-corrected chi connectivity index (χ4v) is 2.06. The molecule has 0 saturated carbocycles. The van der Waals surface area contributed by atoms with Gasteiger partial charge in [0.25, 0.3) is 0 Å². The highest BCUT2D eigenvalue weighted by Gasteiger charge is 2.17. The van der Waals surface area contributed by atoms with Crippen LogP contribution in [0.1, 0.15) is 35.9 Å². The molecule has 0 aliphatic rings. The first-order valence-electron chi connectivity index (χ1n) is 6.32. The number of aromatic carboxylic acids is 1. The second-order valence-electron chi connectivity index (χ2n) is 4.91. The summed E-state index contributed by atoms with van der Waals surface area (Å²) in [6, 6.07) is 5.26. The number of carbonyl (C=O) groups is 1. The first-order valence-corrected chi connectivity index (χ1v) is 6.32. The lowest BCUT2D eigenvalue weighted by Crippen LogP contribution is -2.08. The Balaban J connectivity index is 2.18. The number of hydrogen-bond donors (Lipinski definition) is 1. The lowest BCUT2D eigenvalue weighted by molar-refractivity contribution is 0.0687. The minimum Gasteiger partial charge on any atom is -0.477 e. The second kappa shape index (κ2) is 4.48. The molecule has 0 unspecified atom stereocenters. The third kappa shape index (κ3) is 1.95. The number of carboxylic acid groups (broad SMARTS) is 1. The number of hydrogen-bond acceptors (Lipinski definition) is 3. The van der Waals surface area contributed by atoms with E-state index in [1.54, 1.807) is 12.3 Å². The summed E-state index contributed by atoms with van der Waals surface area (Å²) in [6.07, 6.45) is 5.32. The zero-order valence-electron chi connectivity index (χ0n) is 11.2. The van der Waals surface area contributed by atoms with E-state index < -0.39 is 5.97 Å². The number of pyridine rings is 1. The number of nitrogens with zero attached hydrogens (tertiary/aromatic N) is 4. The zero-order chi connectivity index (χ0) is 14.3. The normalized spacial score (nSPS) is 11.3. The Morgan fingerprint density at radius 1 is 1.35 bits per heavy atom. The highest BCUT2D eigenvalue weighted by Crippen LogP contribution is 2.19. The fourth-order valence-electron chi connectivity index (χ4n) is 2.06. The lowest BCUT2D eigenvalue weighted by Gasteiger charge is -2.05. The summed E-state index contributed by atoms with van der Waals surface area (Å²) < 4.78 is 3.29. The van der Waals surface area contributed by atoms with Crippen LogP contribution in [0, 0.1) is 0 Å². The van der Waals surface area contributed by atoms with Gasteiger partial charge in [0.05, 0.1) is 11.4 Å². The minimum atomic E-state index is -0.991. The van der Waals surface area contributed by atoms with E-state index in [2.05, 4.69) is 10.1 Å². The highest BCUT2D eigenvalue weighted by molar-refractivity contribution is 5.86. The molecule has 6 nitrogen and oxygen atoms in total. The molecule has 0 aliphatic carbocycles. The van der Waals surface area contributed by atoms with Crippen LogP contribution in [0.5, 0.6) is 0 Å². The van der Waals surface area contributed by atoms with E-state index in [1.807, 2.05) is 42.8 Å². The molecule has 0 radical (unpaired) electrons.